The number of nitrogens with zero attached hydrogens (tertiary/aromatic N) is 1. The molecule has 0 bridgehead atoms. The lowest BCUT2D eigenvalue weighted by Crippen LogP contribution is -2.44. The molecule has 3 atom stereocenters. The summed E-state index contributed by atoms with van der Waals surface area (Å²) in [5.41, 5.74) is -0.0609. The zero-order valence-electron chi connectivity index (χ0n) is 12.7. The van der Waals surface area contributed by atoms with Crippen LogP contribution in [0.25, 0.3) is 0 Å². The van der Waals surface area contributed by atoms with Crippen LogP contribution in [-0.2, 0) is 4.79 Å². The molecule has 1 aliphatic heterocycles. The Kier molecular flexibility index (Phi) is 3.72. The van der Waals surface area contributed by atoms with E-state index in [1.54, 1.807) is 0 Å². The predicted molar refractivity (Wildman–Crippen MR) is 78.1 cm³/mol. The van der Waals surface area contributed by atoms with E-state index < -0.39 is 0 Å². The van der Waals surface area contributed by atoms with Gasteiger partial charge in [0.15, 0.2) is 0 Å². The van der Waals surface area contributed by atoms with Crippen LogP contribution in [0.3, 0.4) is 0 Å². The topological polar surface area (TPSA) is 20.3 Å². The second-order valence-corrected chi connectivity index (χ2v) is 7.73. The van der Waals surface area contributed by atoms with Gasteiger partial charge in [-0.25, -0.2) is 0 Å². The Bertz CT molecular complexity index is 349. The van der Waals surface area contributed by atoms with E-state index in [1.165, 1.54) is 45.1 Å². The second-order valence-electron chi connectivity index (χ2n) is 7.73. The zero-order valence-corrected chi connectivity index (χ0v) is 12.7. The van der Waals surface area contributed by atoms with Crippen molar-refractivity contribution in [3.63, 3.8) is 0 Å². The van der Waals surface area contributed by atoms with Crippen molar-refractivity contribution in [2.24, 2.45) is 17.3 Å². The Morgan fingerprint density at radius 1 is 1.11 bits per heavy atom. The number of carbonyl (C=O) groups is 1. The van der Waals surface area contributed by atoms with Crippen LogP contribution in [0.4, 0.5) is 0 Å². The zero-order chi connectivity index (χ0) is 13.5. The highest BCUT2D eigenvalue weighted by molar-refractivity contribution is 5.87. The number of Topliss-reactive ketones (excluding diaryl/α,β-unsaturated/α-hetero) is 1. The maximum absolute atomic E-state index is 12.6. The van der Waals surface area contributed by atoms with Gasteiger partial charge in [0.2, 0.25) is 0 Å². The molecule has 3 fully saturated rings. The van der Waals surface area contributed by atoms with Gasteiger partial charge in [-0.1, -0.05) is 33.1 Å². The fourth-order valence-corrected chi connectivity index (χ4v) is 4.78. The van der Waals surface area contributed by atoms with E-state index in [-0.39, 0.29) is 5.41 Å². The molecule has 0 radical (unpaired) electrons. The van der Waals surface area contributed by atoms with E-state index in [4.69, 9.17) is 0 Å². The van der Waals surface area contributed by atoms with E-state index in [0.717, 1.165) is 31.3 Å². The molecule has 3 rings (SSSR count). The highest BCUT2D eigenvalue weighted by atomic mass is 16.1. The molecule has 2 heteroatoms. The van der Waals surface area contributed by atoms with Crippen LogP contribution in [0, 0.1) is 17.3 Å². The highest BCUT2D eigenvalue weighted by Crippen LogP contribution is 2.40. The summed E-state index contributed by atoms with van der Waals surface area (Å²) in [7, 11) is 0. The monoisotopic (exact) mass is 263 g/mol. The summed E-state index contributed by atoms with van der Waals surface area (Å²) in [4.78, 5) is 15.2. The van der Waals surface area contributed by atoms with Gasteiger partial charge in [0.05, 0.1) is 0 Å². The van der Waals surface area contributed by atoms with Gasteiger partial charge in [-0.2, -0.15) is 0 Å². The van der Waals surface area contributed by atoms with Crippen molar-refractivity contribution in [3.05, 3.63) is 0 Å². The van der Waals surface area contributed by atoms with Crippen molar-refractivity contribution >= 4 is 5.78 Å². The van der Waals surface area contributed by atoms with Gasteiger partial charge in [-0.3, -0.25) is 9.69 Å². The number of likely N-dealkylation sites (tertiary alicyclic amines) is 1. The molecule has 0 aromatic carbocycles. The molecule has 1 saturated heterocycles. The van der Waals surface area contributed by atoms with Gasteiger partial charge >= 0.3 is 0 Å². The van der Waals surface area contributed by atoms with Crippen molar-refractivity contribution in [2.45, 2.75) is 71.3 Å². The number of carbonyl (C=O) groups excluding carboxylic acids is 1. The first-order valence-corrected chi connectivity index (χ1v) is 8.36. The summed E-state index contributed by atoms with van der Waals surface area (Å²) in [6.07, 6.45) is 10.5. The first kappa shape index (κ1) is 13.6. The molecule has 108 valence electrons. The fraction of sp³-hybridized carbons (Fsp3) is 0.941. The Hall–Kier alpha value is -0.370. The summed E-state index contributed by atoms with van der Waals surface area (Å²) >= 11 is 0. The molecule has 2 nitrogen and oxygen atoms in total. The maximum atomic E-state index is 12.6. The molecule has 0 spiro atoms. The lowest BCUT2D eigenvalue weighted by molar-refractivity contribution is -0.135. The first-order valence-electron chi connectivity index (χ1n) is 8.36. The maximum Gasteiger partial charge on any atom is 0.142 e. The van der Waals surface area contributed by atoms with E-state index in [9.17, 15) is 4.79 Å². The van der Waals surface area contributed by atoms with Crippen LogP contribution in [0.15, 0.2) is 0 Å². The normalized spacial score (nSPS) is 39.3. The van der Waals surface area contributed by atoms with Crippen LogP contribution in [0.1, 0.15) is 65.2 Å². The lowest BCUT2D eigenvalue weighted by atomic mass is 9.71. The van der Waals surface area contributed by atoms with Gasteiger partial charge in [-0.05, 0) is 44.6 Å². The van der Waals surface area contributed by atoms with E-state index in [2.05, 4.69) is 18.7 Å². The highest BCUT2D eigenvalue weighted by Gasteiger charge is 2.41. The van der Waals surface area contributed by atoms with Gasteiger partial charge in [0.25, 0.3) is 0 Å². The Balaban J connectivity index is 1.63. The van der Waals surface area contributed by atoms with Gasteiger partial charge < -0.3 is 0 Å². The van der Waals surface area contributed by atoms with E-state index >= 15 is 0 Å². The molecule has 0 N–H and O–H groups in total. The smallest absolute Gasteiger partial charge is 0.142 e. The van der Waals surface area contributed by atoms with Crippen LogP contribution >= 0.6 is 0 Å². The second kappa shape index (κ2) is 5.20. The number of ketones is 1. The summed E-state index contributed by atoms with van der Waals surface area (Å²) < 4.78 is 0. The SMILES string of the molecule is CC1(C)CCCC(CN2CCC3CCCCC32)C1=O. The van der Waals surface area contributed by atoms with Gasteiger partial charge in [0.1, 0.15) is 5.78 Å². The molecule has 1 heterocycles. The molecular formula is C17H29NO. The third-order valence-corrected chi connectivity index (χ3v) is 5.97. The molecule has 0 aromatic heterocycles. The third kappa shape index (κ3) is 2.61. The largest absolute Gasteiger partial charge is 0.299 e. The Morgan fingerprint density at radius 2 is 1.89 bits per heavy atom. The minimum atomic E-state index is -0.0609. The van der Waals surface area contributed by atoms with Gasteiger partial charge in [-0.15, -0.1) is 0 Å². The van der Waals surface area contributed by atoms with Crippen molar-refractivity contribution in [2.75, 3.05) is 13.1 Å². The minimum absolute atomic E-state index is 0.0609. The van der Waals surface area contributed by atoms with E-state index in [1.807, 2.05) is 0 Å². The molecule has 19 heavy (non-hydrogen) atoms. The molecule has 0 amide bonds. The van der Waals surface area contributed by atoms with Crippen molar-refractivity contribution in [1.82, 2.24) is 4.90 Å². The van der Waals surface area contributed by atoms with Crippen LogP contribution in [0.5, 0.6) is 0 Å². The number of fused-ring (bicyclic) bond motifs is 1. The average molecular weight is 263 g/mol. The third-order valence-electron chi connectivity index (χ3n) is 5.97. The summed E-state index contributed by atoms with van der Waals surface area (Å²) in [5, 5.41) is 0. The molecular weight excluding hydrogens is 234 g/mol. The minimum Gasteiger partial charge on any atom is -0.299 e. The summed E-state index contributed by atoms with van der Waals surface area (Å²) in [5.74, 6) is 1.81. The standard InChI is InChI=1S/C17H29NO/c1-17(2)10-5-7-14(16(17)19)12-18-11-9-13-6-3-4-8-15(13)18/h13-15H,3-12H2,1-2H3. The predicted octanol–water partition coefficient (Wildman–Crippen LogP) is 3.65. The van der Waals surface area contributed by atoms with Crippen molar-refractivity contribution in [3.8, 4) is 0 Å². The number of rotatable bonds is 2. The molecule has 3 aliphatic rings. The van der Waals surface area contributed by atoms with Crippen LogP contribution < -0.4 is 0 Å². The van der Waals surface area contributed by atoms with Gasteiger partial charge in [0, 0.05) is 23.9 Å². The number of hydrogen-bond donors (Lipinski definition) is 0. The van der Waals surface area contributed by atoms with Crippen molar-refractivity contribution < 1.29 is 4.79 Å². The lowest BCUT2D eigenvalue weighted by Gasteiger charge is -2.38. The Morgan fingerprint density at radius 3 is 2.74 bits per heavy atom. The first-order chi connectivity index (χ1) is 9.08. The summed E-state index contributed by atoms with van der Waals surface area (Å²) in [6.45, 7) is 6.60. The fourth-order valence-electron chi connectivity index (χ4n) is 4.78. The quantitative estimate of drug-likeness (QED) is 0.758. The summed E-state index contributed by atoms with van der Waals surface area (Å²) in [6, 6.07) is 0.812. The van der Waals surface area contributed by atoms with E-state index in [0.29, 0.717) is 11.7 Å². The Labute approximate surface area is 117 Å². The average Bonchev–Trinajstić information content (AvgIpc) is 2.79. The molecule has 0 aromatic rings. The molecule has 2 saturated carbocycles. The number of hydrogen-bond acceptors (Lipinski definition) is 2. The molecule has 3 unspecified atom stereocenters. The molecule has 2 aliphatic carbocycles. The van der Waals surface area contributed by atoms with Crippen LogP contribution in [0.2, 0.25) is 0 Å². The van der Waals surface area contributed by atoms with Crippen LogP contribution in [-0.4, -0.2) is 29.8 Å². The van der Waals surface area contributed by atoms with Crippen molar-refractivity contribution in [1.29, 1.82) is 0 Å².